The van der Waals surface area contributed by atoms with Gasteiger partial charge in [-0.3, -0.25) is 4.90 Å². The number of nitrogens with one attached hydrogen (secondary N) is 1. The number of rotatable bonds is 5. The minimum atomic E-state index is 0.508. The standard InChI is InChI=1S/C22H32N2O2/c1-3-19-16(2)20-13-18(15-24-9-5-4-6-10-24)26-22(20)14-21(19)23-17-7-11-25-12-8-17/h13-14,17,23H,3-12,15H2,1-2H3. The third kappa shape index (κ3) is 3.77. The van der Waals surface area contributed by atoms with Crippen LogP contribution in [0.1, 0.15) is 55.9 Å². The number of aryl methyl sites for hydroxylation is 1. The van der Waals surface area contributed by atoms with Crippen molar-refractivity contribution < 1.29 is 9.15 Å². The van der Waals surface area contributed by atoms with Crippen molar-refractivity contribution in [1.82, 2.24) is 4.90 Å². The summed E-state index contributed by atoms with van der Waals surface area (Å²) in [5.41, 5.74) is 5.08. The van der Waals surface area contributed by atoms with Gasteiger partial charge in [-0.05, 0) is 69.3 Å². The van der Waals surface area contributed by atoms with Crippen LogP contribution >= 0.6 is 0 Å². The lowest BCUT2D eigenvalue weighted by Gasteiger charge is -2.26. The molecule has 26 heavy (non-hydrogen) atoms. The van der Waals surface area contributed by atoms with Gasteiger partial charge >= 0.3 is 0 Å². The zero-order chi connectivity index (χ0) is 17.9. The van der Waals surface area contributed by atoms with E-state index in [-0.39, 0.29) is 0 Å². The Kier molecular flexibility index (Phi) is 5.51. The maximum Gasteiger partial charge on any atom is 0.136 e. The normalized spacial score (nSPS) is 19.9. The van der Waals surface area contributed by atoms with Crippen molar-refractivity contribution in [2.75, 3.05) is 31.6 Å². The summed E-state index contributed by atoms with van der Waals surface area (Å²) in [5.74, 6) is 1.11. The molecule has 4 rings (SSSR count). The molecule has 4 nitrogen and oxygen atoms in total. The van der Waals surface area contributed by atoms with Gasteiger partial charge in [-0.15, -0.1) is 0 Å². The van der Waals surface area contributed by atoms with Gasteiger partial charge in [-0.1, -0.05) is 13.3 Å². The largest absolute Gasteiger partial charge is 0.460 e. The fourth-order valence-electron chi connectivity index (χ4n) is 4.50. The van der Waals surface area contributed by atoms with Gasteiger partial charge in [0.1, 0.15) is 11.3 Å². The molecule has 2 saturated heterocycles. The number of hydrogen-bond donors (Lipinski definition) is 1. The second kappa shape index (κ2) is 8.01. The molecule has 4 heteroatoms. The first kappa shape index (κ1) is 17.9. The Morgan fingerprint density at radius 2 is 1.88 bits per heavy atom. The average molecular weight is 357 g/mol. The van der Waals surface area contributed by atoms with E-state index < -0.39 is 0 Å². The van der Waals surface area contributed by atoms with Gasteiger partial charge in [0.15, 0.2) is 0 Å². The van der Waals surface area contributed by atoms with E-state index >= 15 is 0 Å². The van der Waals surface area contributed by atoms with Crippen LogP contribution in [-0.4, -0.2) is 37.2 Å². The van der Waals surface area contributed by atoms with Crippen LogP contribution in [0.4, 0.5) is 5.69 Å². The minimum Gasteiger partial charge on any atom is -0.460 e. The Labute approximate surface area is 156 Å². The average Bonchev–Trinajstić information content (AvgIpc) is 3.06. The van der Waals surface area contributed by atoms with E-state index in [1.807, 2.05) is 0 Å². The van der Waals surface area contributed by atoms with Crippen molar-refractivity contribution in [3.63, 3.8) is 0 Å². The smallest absolute Gasteiger partial charge is 0.136 e. The highest BCUT2D eigenvalue weighted by molar-refractivity contribution is 5.87. The number of furan rings is 1. The van der Waals surface area contributed by atoms with Gasteiger partial charge in [0.25, 0.3) is 0 Å². The molecule has 2 aliphatic heterocycles. The molecule has 3 heterocycles. The van der Waals surface area contributed by atoms with Crippen LogP contribution in [0, 0.1) is 6.92 Å². The molecule has 1 aromatic carbocycles. The Morgan fingerprint density at radius 3 is 2.62 bits per heavy atom. The molecule has 2 fully saturated rings. The summed E-state index contributed by atoms with van der Waals surface area (Å²) >= 11 is 0. The van der Waals surface area contributed by atoms with E-state index in [1.54, 1.807) is 0 Å². The van der Waals surface area contributed by atoms with Gasteiger partial charge in [0.2, 0.25) is 0 Å². The van der Waals surface area contributed by atoms with Gasteiger partial charge < -0.3 is 14.5 Å². The third-order valence-electron chi connectivity index (χ3n) is 6.03. The van der Waals surface area contributed by atoms with E-state index in [0.29, 0.717) is 6.04 Å². The van der Waals surface area contributed by atoms with E-state index in [9.17, 15) is 0 Å². The Hall–Kier alpha value is -1.52. The molecule has 0 radical (unpaired) electrons. The van der Waals surface area contributed by atoms with Crippen LogP contribution in [0.3, 0.4) is 0 Å². The second-order valence-electron chi connectivity index (χ2n) is 7.87. The first-order valence-corrected chi connectivity index (χ1v) is 10.4. The predicted octanol–water partition coefficient (Wildman–Crippen LogP) is 4.88. The molecule has 0 unspecified atom stereocenters. The van der Waals surface area contributed by atoms with Crippen LogP contribution in [0.2, 0.25) is 0 Å². The maximum absolute atomic E-state index is 6.27. The Morgan fingerprint density at radius 1 is 1.12 bits per heavy atom. The number of fused-ring (bicyclic) bond motifs is 1. The second-order valence-corrected chi connectivity index (χ2v) is 7.87. The highest BCUT2D eigenvalue weighted by atomic mass is 16.5. The molecule has 0 aliphatic carbocycles. The van der Waals surface area contributed by atoms with Crippen LogP contribution < -0.4 is 5.32 Å². The van der Waals surface area contributed by atoms with E-state index in [4.69, 9.17) is 9.15 Å². The third-order valence-corrected chi connectivity index (χ3v) is 6.03. The van der Waals surface area contributed by atoms with Crippen LogP contribution in [0.15, 0.2) is 16.5 Å². The Bertz CT molecular complexity index is 740. The van der Waals surface area contributed by atoms with Crippen LogP contribution in [-0.2, 0) is 17.7 Å². The molecule has 0 atom stereocenters. The maximum atomic E-state index is 6.27. The molecule has 1 aromatic heterocycles. The van der Waals surface area contributed by atoms with Crippen molar-refractivity contribution in [2.24, 2.45) is 0 Å². The zero-order valence-corrected chi connectivity index (χ0v) is 16.3. The topological polar surface area (TPSA) is 37.6 Å². The predicted molar refractivity (Wildman–Crippen MR) is 107 cm³/mol. The monoisotopic (exact) mass is 356 g/mol. The van der Waals surface area contributed by atoms with Crippen LogP contribution in [0.5, 0.6) is 0 Å². The molecule has 0 spiro atoms. The molecule has 2 aliphatic rings. The number of hydrogen-bond acceptors (Lipinski definition) is 4. The molecule has 0 bridgehead atoms. The Balaban J connectivity index is 1.60. The lowest BCUT2D eigenvalue weighted by Crippen LogP contribution is -2.28. The van der Waals surface area contributed by atoms with Gasteiger partial charge in [0, 0.05) is 36.4 Å². The van der Waals surface area contributed by atoms with E-state index in [1.165, 1.54) is 54.6 Å². The number of ether oxygens (including phenoxy) is 1. The minimum absolute atomic E-state index is 0.508. The van der Waals surface area contributed by atoms with E-state index in [2.05, 4.69) is 36.2 Å². The lowest BCUT2D eigenvalue weighted by molar-refractivity contribution is 0.0904. The van der Waals surface area contributed by atoms with Gasteiger partial charge in [0.05, 0.1) is 6.54 Å². The fourth-order valence-corrected chi connectivity index (χ4v) is 4.50. The van der Waals surface area contributed by atoms with Crippen molar-refractivity contribution >= 4 is 16.7 Å². The molecular weight excluding hydrogens is 324 g/mol. The molecular formula is C22H32N2O2. The summed E-state index contributed by atoms with van der Waals surface area (Å²) in [4.78, 5) is 2.53. The number of piperidine rings is 1. The molecule has 0 saturated carbocycles. The van der Waals surface area contributed by atoms with Gasteiger partial charge in [-0.25, -0.2) is 0 Å². The number of anilines is 1. The van der Waals surface area contributed by atoms with Crippen molar-refractivity contribution in [3.05, 3.63) is 29.0 Å². The molecule has 0 amide bonds. The summed E-state index contributed by atoms with van der Waals surface area (Å²) in [6.45, 7) is 9.56. The van der Waals surface area contributed by atoms with Crippen LogP contribution in [0.25, 0.3) is 11.0 Å². The quantitative estimate of drug-likeness (QED) is 0.828. The summed E-state index contributed by atoms with van der Waals surface area (Å²) < 4.78 is 11.8. The molecule has 1 N–H and O–H groups in total. The SMILES string of the molecule is CCc1c(NC2CCOCC2)cc2oc(CN3CCCCC3)cc2c1C. The van der Waals surface area contributed by atoms with Crippen molar-refractivity contribution in [3.8, 4) is 0 Å². The highest BCUT2D eigenvalue weighted by Gasteiger charge is 2.19. The summed E-state index contributed by atoms with van der Waals surface area (Å²) in [6.07, 6.45) is 7.21. The fraction of sp³-hybridized carbons (Fsp3) is 0.636. The number of benzene rings is 1. The van der Waals surface area contributed by atoms with E-state index in [0.717, 1.165) is 50.4 Å². The summed E-state index contributed by atoms with van der Waals surface area (Å²) in [5, 5.41) is 5.06. The molecule has 142 valence electrons. The number of nitrogens with zero attached hydrogens (tertiary/aromatic N) is 1. The van der Waals surface area contributed by atoms with Crippen molar-refractivity contribution in [1.29, 1.82) is 0 Å². The zero-order valence-electron chi connectivity index (χ0n) is 16.3. The summed E-state index contributed by atoms with van der Waals surface area (Å²) in [7, 11) is 0. The first-order valence-electron chi connectivity index (χ1n) is 10.4. The molecule has 2 aromatic rings. The van der Waals surface area contributed by atoms with Crippen molar-refractivity contribution in [2.45, 2.75) is 65.0 Å². The first-order chi connectivity index (χ1) is 12.7. The van der Waals surface area contributed by atoms with Gasteiger partial charge in [-0.2, -0.15) is 0 Å². The lowest BCUT2D eigenvalue weighted by atomic mass is 9.98. The highest BCUT2D eigenvalue weighted by Crippen LogP contribution is 2.33. The summed E-state index contributed by atoms with van der Waals surface area (Å²) in [6, 6.07) is 5.01. The number of likely N-dealkylation sites (tertiary alicyclic amines) is 1.